The molecule has 1 aliphatic rings. The SMILES string of the molecule is N#CC1=C(N)Oc2[nH]c(=O)[nH]c(=O)c2[C@@H]1c1ccc([N+](=O)[O-])cc1. The van der Waals surface area contributed by atoms with Crippen LogP contribution in [-0.2, 0) is 0 Å². The number of nitrogens with two attached hydrogens (primary N) is 1. The summed E-state index contributed by atoms with van der Waals surface area (Å²) >= 11 is 0. The first-order chi connectivity index (χ1) is 11.4. The largest absolute Gasteiger partial charge is 0.424 e. The number of non-ortho nitro benzene ring substituents is 1. The zero-order chi connectivity index (χ0) is 17.4. The lowest BCUT2D eigenvalue weighted by Crippen LogP contribution is -2.33. The molecule has 3 rings (SSSR count). The van der Waals surface area contributed by atoms with Crippen molar-refractivity contribution < 1.29 is 9.66 Å². The fourth-order valence-electron chi connectivity index (χ4n) is 2.51. The molecule has 0 amide bonds. The van der Waals surface area contributed by atoms with E-state index in [0.717, 1.165) is 0 Å². The van der Waals surface area contributed by atoms with Crippen LogP contribution in [0, 0.1) is 21.4 Å². The second kappa shape index (κ2) is 5.40. The molecule has 0 fully saturated rings. The maximum atomic E-state index is 12.2. The lowest BCUT2D eigenvalue weighted by molar-refractivity contribution is -0.384. The summed E-state index contributed by atoms with van der Waals surface area (Å²) in [6.45, 7) is 0. The normalized spacial score (nSPS) is 16.0. The van der Waals surface area contributed by atoms with Gasteiger partial charge in [-0.1, -0.05) is 12.1 Å². The molecule has 4 N–H and O–H groups in total. The Labute approximate surface area is 133 Å². The number of rotatable bonds is 2. The van der Waals surface area contributed by atoms with Crippen molar-refractivity contribution in [3.63, 3.8) is 0 Å². The number of hydrogen-bond donors (Lipinski definition) is 3. The van der Waals surface area contributed by atoms with Crippen molar-refractivity contribution in [3.8, 4) is 11.9 Å². The number of hydrogen-bond acceptors (Lipinski definition) is 7. The molecule has 2 aromatic rings. The zero-order valence-electron chi connectivity index (χ0n) is 11.9. The van der Waals surface area contributed by atoms with Gasteiger partial charge in [0.05, 0.1) is 16.4 Å². The number of fused-ring (bicyclic) bond motifs is 1. The molecule has 1 aromatic heterocycles. The summed E-state index contributed by atoms with van der Waals surface area (Å²) < 4.78 is 5.16. The van der Waals surface area contributed by atoms with E-state index in [2.05, 4.69) is 9.97 Å². The molecule has 0 saturated carbocycles. The van der Waals surface area contributed by atoms with Crippen LogP contribution < -0.4 is 21.7 Å². The summed E-state index contributed by atoms with van der Waals surface area (Å²) in [6.07, 6.45) is 0. The highest BCUT2D eigenvalue weighted by atomic mass is 16.6. The number of nitriles is 1. The molecule has 0 spiro atoms. The van der Waals surface area contributed by atoms with Gasteiger partial charge in [-0.3, -0.25) is 24.9 Å². The maximum Gasteiger partial charge on any atom is 0.328 e. The number of aromatic nitrogens is 2. The smallest absolute Gasteiger partial charge is 0.328 e. The molecule has 0 radical (unpaired) electrons. The molecule has 0 saturated heterocycles. The van der Waals surface area contributed by atoms with E-state index < -0.39 is 22.1 Å². The number of ether oxygens (including phenoxy) is 1. The minimum Gasteiger partial charge on any atom is -0.424 e. The molecule has 1 aliphatic heterocycles. The van der Waals surface area contributed by atoms with E-state index in [4.69, 9.17) is 10.5 Å². The first-order valence-electron chi connectivity index (χ1n) is 6.60. The van der Waals surface area contributed by atoms with Gasteiger partial charge in [-0.05, 0) is 5.56 Å². The molecular formula is C14H9N5O5. The van der Waals surface area contributed by atoms with E-state index in [1.807, 2.05) is 6.07 Å². The van der Waals surface area contributed by atoms with Gasteiger partial charge in [-0.2, -0.15) is 5.26 Å². The Kier molecular flexibility index (Phi) is 3.38. The molecule has 0 unspecified atom stereocenters. The highest BCUT2D eigenvalue weighted by Gasteiger charge is 2.34. The molecule has 1 atom stereocenters. The Morgan fingerprint density at radius 1 is 1.25 bits per heavy atom. The lowest BCUT2D eigenvalue weighted by atomic mass is 9.85. The topological polar surface area (TPSA) is 168 Å². The van der Waals surface area contributed by atoms with E-state index >= 15 is 0 Å². The van der Waals surface area contributed by atoms with Gasteiger partial charge < -0.3 is 10.5 Å². The van der Waals surface area contributed by atoms with Crippen LogP contribution in [0.5, 0.6) is 5.88 Å². The van der Waals surface area contributed by atoms with E-state index in [1.54, 1.807) is 0 Å². The lowest BCUT2D eigenvalue weighted by Gasteiger charge is -2.24. The zero-order valence-corrected chi connectivity index (χ0v) is 11.9. The van der Waals surface area contributed by atoms with Crippen molar-refractivity contribution in [2.45, 2.75) is 5.92 Å². The minimum absolute atomic E-state index is 0.00537. The third-order valence-electron chi connectivity index (χ3n) is 3.56. The van der Waals surface area contributed by atoms with Gasteiger partial charge in [0.2, 0.25) is 11.8 Å². The molecule has 1 aromatic carbocycles. The number of allylic oxidation sites excluding steroid dienone is 1. The van der Waals surface area contributed by atoms with Gasteiger partial charge >= 0.3 is 5.69 Å². The number of nitro benzene ring substituents is 1. The van der Waals surface area contributed by atoms with Gasteiger partial charge in [0.15, 0.2) is 0 Å². The number of benzene rings is 1. The highest BCUT2D eigenvalue weighted by Crippen LogP contribution is 2.38. The molecule has 0 aliphatic carbocycles. The summed E-state index contributed by atoms with van der Waals surface area (Å²) in [6, 6.07) is 7.18. The van der Waals surface area contributed by atoms with Crippen molar-refractivity contribution in [1.29, 1.82) is 5.26 Å². The number of nitrogens with one attached hydrogen (secondary N) is 2. The monoisotopic (exact) mass is 327 g/mol. The van der Waals surface area contributed by atoms with Crippen LogP contribution in [0.4, 0.5) is 5.69 Å². The first kappa shape index (κ1) is 15.0. The van der Waals surface area contributed by atoms with Crippen molar-refractivity contribution >= 4 is 5.69 Å². The van der Waals surface area contributed by atoms with Crippen LogP contribution in [0.3, 0.4) is 0 Å². The third kappa shape index (κ3) is 2.30. The van der Waals surface area contributed by atoms with E-state index in [0.29, 0.717) is 5.56 Å². The molecule has 2 heterocycles. The molecule has 24 heavy (non-hydrogen) atoms. The van der Waals surface area contributed by atoms with Gasteiger partial charge in [-0.25, -0.2) is 4.79 Å². The standard InChI is InChI=1S/C14H9N5O5/c15-5-8-9(6-1-3-7(4-2-6)19(22)23)10-12(20)17-14(21)18-13(10)24-11(8)16/h1-4,9H,16H2,(H2,17,18,20,21)/t9-/m1/s1. The van der Waals surface area contributed by atoms with Crippen LogP contribution in [-0.4, -0.2) is 14.9 Å². The predicted octanol–water partition coefficient (Wildman–Crippen LogP) is 0.190. The summed E-state index contributed by atoms with van der Waals surface area (Å²) in [7, 11) is 0. The number of H-pyrrole nitrogens is 2. The molecular weight excluding hydrogens is 318 g/mol. The van der Waals surface area contributed by atoms with E-state index in [-0.39, 0.29) is 28.6 Å². The Bertz CT molecular complexity index is 1030. The van der Waals surface area contributed by atoms with Crippen LogP contribution in [0.15, 0.2) is 45.3 Å². The van der Waals surface area contributed by atoms with Crippen LogP contribution in [0.1, 0.15) is 17.0 Å². The Morgan fingerprint density at radius 2 is 1.92 bits per heavy atom. The summed E-state index contributed by atoms with van der Waals surface area (Å²) in [5, 5.41) is 20.1. The van der Waals surface area contributed by atoms with Gasteiger partial charge in [0.25, 0.3) is 11.2 Å². The van der Waals surface area contributed by atoms with Gasteiger partial charge in [0.1, 0.15) is 11.6 Å². The fourth-order valence-corrected chi connectivity index (χ4v) is 2.51. The molecule has 0 bridgehead atoms. The van der Waals surface area contributed by atoms with Crippen molar-refractivity contribution in [2.24, 2.45) is 5.73 Å². The maximum absolute atomic E-state index is 12.2. The molecule has 10 heteroatoms. The Morgan fingerprint density at radius 3 is 2.50 bits per heavy atom. The third-order valence-corrected chi connectivity index (χ3v) is 3.56. The first-order valence-corrected chi connectivity index (χ1v) is 6.60. The second-order valence-electron chi connectivity index (χ2n) is 4.92. The van der Waals surface area contributed by atoms with Crippen molar-refractivity contribution in [1.82, 2.24) is 9.97 Å². The van der Waals surface area contributed by atoms with E-state index in [1.165, 1.54) is 24.3 Å². The van der Waals surface area contributed by atoms with Gasteiger partial charge in [-0.15, -0.1) is 0 Å². The quantitative estimate of drug-likeness (QED) is 0.522. The van der Waals surface area contributed by atoms with Crippen LogP contribution in [0.2, 0.25) is 0 Å². The second-order valence-corrected chi connectivity index (χ2v) is 4.92. The number of nitrogens with zero attached hydrogens (tertiary/aromatic N) is 2. The highest BCUT2D eigenvalue weighted by molar-refractivity contribution is 5.53. The fraction of sp³-hybridized carbons (Fsp3) is 0.0714. The van der Waals surface area contributed by atoms with Crippen LogP contribution >= 0.6 is 0 Å². The minimum atomic E-state index is -0.917. The average Bonchev–Trinajstić information content (AvgIpc) is 2.53. The number of aromatic amines is 2. The van der Waals surface area contributed by atoms with E-state index in [9.17, 15) is 25.0 Å². The van der Waals surface area contributed by atoms with Crippen LogP contribution in [0.25, 0.3) is 0 Å². The molecule has 120 valence electrons. The molecule has 10 nitrogen and oxygen atoms in total. The summed E-state index contributed by atoms with van der Waals surface area (Å²) in [5.41, 5.74) is 4.42. The Balaban J connectivity index is 2.25. The summed E-state index contributed by atoms with van der Waals surface area (Å²) in [5.74, 6) is -1.33. The van der Waals surface area contributed by atoms with Crippen molar-refractivity contribution in [2.75, 3.05) is 0 Å². The van der Waals surface area contributed by atoms with Gasteiger partial charge in [0, 0.05) is 12.1 Å². The summed E-state index contributed by atoms with van der Waals surface area (Å²) in [4.78, 5) is 38.1. The predicted molar refractivity (Wildman–Crippen MR) is 80.1 cm³/mol. The van der Waals surface area contributed by atoms with Crippen molar-refractivity contribution in [3.05, 3.63) is 77.8 Å². The Hall–Kier alpha value is -3.87. The average molecular weight is 327 g/mol. The number of nitro groups is 1.